The van der Waals surface area contributed by atoms with Crippen LogP contribution in [-0.2, 0) is 20.8 Å². The molecule has 3 amide bonds. The first kappa shape index (κ1) is 15.8. The SMILES string of the molecule is CC(=O)N(CCN)C(=O)C(=O)NCCc1ccccc1. The third kappa shape index (κ3) is 4.81. The van der Waals surface area contributed by atoms with Crippen molar-refractivity contribution in [3.05, 3.63) is 35.9 Å². The first-order valence-corrected chi connectivity index (χ1v) is 6.40. The molecule has 0 radical (unpaired) electrons. The molecular weight excluding hydrogens is 258 g/mol. The topological polar surface area (TPSA) is 92.5 Å². The van der Waals surface area contributed by atoms with Gasteiger partial charge in [0.15, 0.2) is 0 Å². The lowest BCUT2D eigenvalue weighted by Gasteiger charge is -2.17. The van der Waals surface area contributed by atoms with Gasteiger partial charge in [-0.3, -0.25) is 19.3 Å². The van der Waals surface area contributed by atoms with E-state index in [-0.39, 0.29) is 13.1 Å². The molecule has 0 bridgehead atoms. The van der Waals surface area contributed by atoms with E-state index < -0.39 is 17.7 Å². The lowest BCUT2D eigenvalue weighted by molar-refractivity contribution is -0.151. The van der Waals surface area contributed by atoms with Gasteiger partial charge in [-0.25, -0.2) is 0 Å². The molecule has 0 atom stereocenters. The van der Waals surface area contributed by atoms with Crippen LogP contribution in [0.4, 0.5) is 0 Å². The summed E-state index contributed by atoms with van der Waals surface area (Å²) >= 11 is 0. The van der Waals surface area contributed by atoms with Crippen LogP contribution in [0.2, 0.25) is 0 Å². The molecule has 6 heteroatoms. The molecule has 0 aliphatic heterocycles. The van der Waals surface area contributed by atoms with Crippen molar-refractivity contribution in [1.82, 2.24) is 10.2 Å². The van der Waals surface area contributed by atoms with Crippen molar-refractivity contribution < 1.29 is 14.4 Å². The number of hydrogen-bond donors (Lipinski definition) is 2. The van der Waals surface area contributed by atoms with Crippen molar-refractivity contribution in [1.29, 1.82) is 0 Å². The Balaban J connectivity index is 2.45. The number of nitrogens with zero attached hydrogens (tertiary/aromatic N) is 1. The molecule has 6 nitrogen and oxygen atoms in total. The van der Waals surface area contributed by atoms with E-state index in [0.29, 0.717) is 13.0 Å². The first-order valence-electron chi connectivity index (χ1n) is 6.40. The summed E-state index contributed by atoms with van der Waals surface area (Å²) in [6.07, 6.45) is 0.622. The Hall–Kier alpha value is -2.21. The number of carbonyl (C=O) groups is 3. The second-order valence-corrected chi connectivity index (χ2v) is 4.26. The molecule has 3 N–H and O–H groups in total. The number of benzene rings is 1. The van der Waals surface area contributed by atoms with Crippen molar-refractivity contribution in [2.75, 3.05) is 19.6 Å². The second-order valence-electron chi connectivity index (χ2n) is 4.26. The van der Waals surface area contributed by atoms with Crippen LogP contribution in [0, 0.1) is 0 Å². The number of rotatable bonds is 5. The fraction of sp³-hybridized carbons (Fsp3) is 0.357. The fourth-order valence-electron chi connectivity index (χ4n) is 1.69. The molecule has 0 aliphatic rings. The Bertz CT molecular complexity index is 474. The maximum atomic E-state index is 11.8. The summed E-state index contributed by atoms with van der Waals surface area (Å²) < 4.78 is 0. The van der Waals surface area contributed by atoms with Crippen LogP contribution in [0.1, 0.15) is 12.5 Å². The van der Waals surface area contributed by atoms with Gasteiger partial charge in [0.25, 0.3) is 0 Å². The van der Waals surface area contributed by atoms with E-state index in [1.54, 1.807) is 0 Å². The monoisotopic (exact) mass is 277 g/mol. The maximum absolute atomic E-state index is 11.8. The smallest absolute Gasteiger partial charge is 0.318 e. The van der Waals surface area contributed by atoms with Crippen LogP contribution >= 0.6 is 0 Å². The highest BCUT2D eigenvalue weighted by Gasteiger charge is 2.23. The highest BCUT2D eigenvalue weighted by molar-refractivity contribution is 6.37. The van der Waals surface area contributed by atoms with E-state index in [2.05, 4.69) is 5.32 Å². The van der Waals surface area contributed by atoms with E-state index in [9.17, 15) is 14.4 Å². The van der Waals surface area contributed by atoms with Crippen molar-refractivity contribution in [3.8, 4) is 0 Å². The van der Waals surface area contributed by atoms with Crippen LogP contribution in [0.5, 0.6) is 0 Å². The van der Waals surface area contributed by atoms with Crippen LogP contribution < -0.4 is 11.1 Å². The van der Waals surface area contributed by atoms with Gasteiger partial charge >= 0.3 is 11.8 Å². The third-order valence-corrected chi connectivity index (χ3v) is 2.71. The maximum Gasteiger partial charge on any atom is 0.318 e. The van der Waals surface area contributed by atoms with Gasteiger partial charge in [-0.15, -0.1) is 0 Å². The molecule has 0 heterocycles. The zero-order valence-corrected chi connectivity index (χ0v) is 11.5. The van der Waals surface area contributed by atoms with Crippen molar-refractivity contribution in [3.63, 3.8) is 0 Å². The molecule has 20 heavy (non-hydrogen) atoms. The minimum Gasteiger partial charge on any atom is -0.347 e. The van der Waals surface area contributed by atoms with Crippen LogP contribution in [-0.4, -0.2) is 42.3 Å². The molecule has 1 aromatic carbocycles. The average Bonchev–Trinajstić information content (AvgIpc) is 2.44. The van der Waals surface area contributed by atoms with Gasteiger partial charge in [-0.1, -0.05) is 30.3 Å². The van der Waals surface area contributed by atoms with Gasteiger partial charge in [-0.2, -0.15) is 0 Å². The van der Waals surface area contributed by atoms with Gasteiger partial charge in [0.2, 0.25) is 5.91 Å². The number of carbonyl (C=O) groups excluding carboxylic acids is 3. The summed E-state index contributed by atoms with van der Waals surface area (Å²) in [5.41, 5.74) is 6.36. The van der Waals surface area contributed by atoms with Crippen LogP contribution in [0.15, 0.2) is 30.3 Å². The summed E-state index contributed by atoms with van der Waals surface area (Å²) in [4.78, 5) is 35.5. The quantitative estimate of drug-likeness (QED) is 0.721. The van der Waals surface area contributed by atoms with Gasteiger partial charge in [0.1, 0.15) is 0 Å². The van der Waals surface area contributed by atoms with Crippen molar-refractivity contribution in [2.45, 2.75) is 13.3 Å². The van der Waals surface area contributed by atoms with E-state index in [0.717, 1.165) is 10.5 Å². The number of nitrogens with two attached hydrogens (primary N) is 1. The normalized spacial score (nSPS) is 9.90. The molecule has 0 unspecified atom stereocenters. The Kier molecular flexibility index (Phi) is 6.39. The summed E-state index contributed by atoms with van der Waals surface area (Å²) in [5, 5.41) is 2.50. The molecule has 1 rings (SSSR count). The van der Waals surface area contributed by atoms with Crippen molar-refractivity contribution >= 4 is 17.7 Å². The lowest BCUT2D eigenvalue weighted by Crippen LogP contribution is -2.47. The van der Waals surface area contributed by atoms with E-state index >= 15 is 0 Å². The van der Waals surface area contributed by atoms with Gasteiger partial charge < -0.3 is 11.1 Å². The average molecular weight is 277 g/mol. The molecule has 0 saturated heterocycles. The Morgan fingerprint density at radius 1 is 1.20 bits per heavy atom. The largest absolute Gasteiger partial charge is 0.347 e. The molecular formula is C14H19N3O3. The summed E-state index contributed by atoms with van der Waals surface area (Å²) in [5.74, 6) is -2.14. The van der Waals surface area contributed by atoms with Crippen LogP contribution in [0.3, 0.4) is 0 Å². The molecule has 108 valence electrons. The molecule has 0 fully saturated rings. The van der Waals surface area contributed by atoms with Crippen molar-refractivity contribution in [2.24, 2.45) is 5.73 Å². The number of imide groups is 1. The Morgan fingerprint density at radius 2 is 1.85 bits per heavy atom. The zero-order valence-electron chi connectivity index (χ0n) is 11.5. The fourth-order valence-corrected chi connectivity index (χ4v) is 1.69. The first-order chi connectivity index (χ1) is 9.56. The molecule has 0 saturated carbocycles. The number of nitrogens with one attached hydrogen (secondary N) is 1. The molecule has 0 spiro atoms. The van der Waals surface area contributed by atoms with Crippen LogP contribution in [0.25, 0.3) is 0 Å². The van der Waals surface area contributed by atoms with Gasteiger partial charge in [0, 0.05) is 26.6 Å². The van der Waals surface area contributed by atoms with Gasteiger partial charge in [0.05, 0.1) is 0 Å². The minimum atomic E-state index is -0.865. The standard InChI is InChI=1S/C14H19N3O3/c1-11(18)17(10-8-15)14(20)13(19)16-9-7-12-5-3-2-4-6-12/h2-6H,7-10,15H2,1H3,(H,16,19). The third-order valence-electron chi connectivity index (χ3n) is 2.71. The number of amides is 3. The highest BCUT2D eigenvalue weighted by Crippen LogP contribution is 1.98. The summed E-state index contributed by atoms with van der Waals surface area (Å²) in [7, 11) is 0. The highest BCUT2D eigenvalue weighted by atomic mass is 16.2. The Morgan fingerprint density at radius 3 is 2.40 bits per heavy atom. The van der Waals surface area contributed by atoms with E-state index in [1.165, 1.54) is 6.92 Å². The summed E-state index contributed by atoms with van der Waals surface area (Å²) in [6.45, 7) is 1.73. The zero-order chi connectivity index (χ0) is 15.0. The molecule has 0 aliphatic carbocycles. The summed E-state index contributed by atoms with van der Waals surface area (Å²) in [6, 6.07) is 9.58. The molecule has 1 aromatic rings. The van der Waals surface area contributed by atoms with E-state index in [4.69, 9.17) is 5.73 Å². The lowest BCUT2D eigenvalue weighted by atomic mass is 10.1. The van der Waals surface area contributed by atoms with E-state index in [1.807, 2.05) is 30.3 Å². The predicted molar refractivity (Wildman–Crippen MR) is 74.6 cm³/mol. The minimum absolute atomic E-state index is 0.0419. The predicted octanol–water partition coefficient (Wildman–Crippen LogP) is -0.321. The van der Waals surface area contributed by atoms with Gasteiger partial charge in [-0.05, 0) is 12.0 Å². The number of hydrogen-bond acceptors (Lipinski definition) is 4. The second kappa shape index (κ2) is 8.06. The Labute approximate surface area is 117 Å². The molecule has 0 aromatic heterocycles.